The van der Waals surface area contributed by atoms with Crippen LogP contribution in [-0.4, -0.2) is 37.7 Å². The van der Waals surface area contributed by atoms with Gasteiger partial charge in [0.25, 0.3) is 5.91 Å². The molecule has 8 heteroatoms. The van der Waals surface area contributed by atoms with E-state index < -0.39 is 11.6 Å². The number of amides is 1. The van der Waals surface area contributed by atoms with Crippen molar-refractivity contribution in [3.8, 4) is 33.4 Å². The average molecular weight is 454 g/mol. The highest BCUT2D eigenvalue weighted by molar-refractivity contribution is 7.18. The van der Waals surface area contributed by atoms with E-state index in [2.05, 4.69) is 5.32 Å². The van der Waals surface area contributed by atoms with Gasteiger partial charge in [0.15, 0.2) is 11.6 Å². The number of carbonyl (C=O) groups is 1. The molecule has 1 aromatic heterocycles. The van der Waals surface area contributed by atoms with Crippen LogP contribution in [0.25, 0.3) is 21.6 Å². The summed E-state index contributed by atoms with van der Waals surface area (Å²) in [5.41, 5.74) is 1.61. The third-order valence-corrected chi connectivity index (χ3v) is 6.55. The van der Waals surface area contributed by atoms with Gasteiger partial charge in [-0.15, -0.1) is 11.3 Å². The maximum absolute atomic E-state index is 14.4. The van der Waals surface area contributed by atoms with Gasteiger partial charge in [0, 0.05) is 17.0 Å². The Labute approximate surface area is 188 Å². The van der Waals surface area contributed by atoms with Crippen LogP contribution in [0.4, 0.5) is 8.78 Å². The second-order valence-corrected chi connectivity index (χ2v) is 8.50. The molecule has 1 N–H and O–H groups in total. The largest absolute Gasteiger partial charge is 0.494 e. The molecule has 4 rings (SSSR count). The van der Waals surface area contributed by atoms with Gasteiger partial charge in [-0.25, -0.2) is 8.78 Å². The number of benzene rings is 2. The highest BCUT2D eigenvalue weighted by Gasteiger charge is 2.23. The molecule has 0 saturated carbocycles. The minimum atomic E-state index is -0.646. The molecule has 0 atom stereocenters. The Hall–Kier alpha value is -3.28. The van der Waals surface area contributed by atoms with E-state index in [1.165, 1.54) is 42.7 Å². The summed E-state index contributed by atoms with van der Waals surface area (Å²) in [6, 6.07) is 12.4. The number of halogens is 2. The van der Waals surface area contributed by atoms with E-state index in [1.807, 2.05) is 6.07 Å². The fourth-order valence-electron chi connectivity index (χ4n) is 3.68. The van der Waals surface area contributed by atoms with E-state index >= 15 is 0 Å². The van der Waals surface area contributed by atoms with Crippen LogP contribution in [0, 0.1) is 23.0 Å². The monoisotopic (exact) mass is 453 g/mol. The van der Waals surface area contributed by atoms with Crippen molar-refractivity contribution in [3.63, 3.8) is 0 Å². The van der Waals surface area contributed by atoms with Crippen molar-refractivity contribution in [1.29, 1.82) is 5.26 Å². The summed E-state index contributed by atoms with van der Waals surface area (Å²) in [4.78, 5) is 16.1. The number of hydrogen-bond donors (Lipinski definition) is 1. The van der Waals surface area contributed by atoms with Crippen molar-refractivity contribution in [2.75, 3.05) is 26.9 Å². The van der Waals surface area contributed by atoms with E-state index in [9.17, 15) is 13.6 Å². The molecule has 1 amide bonds. The van der Waals surface area contributed by atoms with Gasteiger partial charge in [-0.2, -0.15) is 5.26 Å². The van der Waals surface area contributed by atoms with Gasteiger partial charge in [-0.05, 0) is 66.9 Å². The lowest BCUT2D eigenvalue weighted by Crippen LogP contribution is -2.37. The van der Waals surface area contributed by atoms with Gasteiger partial charge in [-0.3, -0.25) is 10.1 Å². The third-order valence-electron chi connectivity index (χ3n) is 5.38. The van der Waals surface area contributed by atoms with Crippen molar-refractivity contribution in [2.45, 2.75) is 12.8 Å². The summed E-state index contributed by atoms with van der Waals surface area (Å²) >= 11 is 1.24. The van der Waals surface area contributed by atoms with E-state index in [1.54, 1.807) is 23.1 Å². The summed E-state index contributed by atoms with van der Waals surface area (Å²) in [7, 11) is 1.39. The molecule has 0 bridgehead atoms. The van der Waals surface area contributed by atoms with Crippen molar-refractivity contribution in [2.24, 2.45) is 0 Å². The topological polar surface area (TPSA) is 65.4 Å². The van der Waals surface area contributed by atoms with Gasteiger partial charge < -0.3 is 9.64 Å². The molecule has 1 saturated heterocycles. The van der Waals surface area contributed by atoms with Crippen LogP contribution >= 0.6 is 11.3 Å². The molecular formula is C24H21F2N3O2S. The maximum Gasteiger partial charge on any atom is 0.264 e. The number of carbonyl (C=O) groups excluding carboxylic acids is 1. The minimum Gasteiger partial charge on any atom is -0.494 e. The third kappa shape index (κ3) is 4.35. The number of rotatable bonds is 4. The number of thiophene rings is 1. The molecule has 5 nitrogen and oxygen atoms in total. The molecule has 32 heavy (non-hydrogen) atoms. The predicted octanol–water partition coefficient (Wildman–Crippen LogP) is 5.02. The zero-order valence-electron chi connectivity index (χ0n) is 17.5. The second-order valence-electron chi connectivity index (χ2n) is 7.44. The summed E-state index contributed by atoms with van der Waals surface area (Å²) in [6.07, 6.45) is 1.91. The first-order chi connectivity index (χ1) is 15.5. The van der Waals surface area contributed by atoms with Gasteiger partial charge in [0.1, 0.15) is 11.9 Å². The Morgan fingerprint density at radius 3 is 2.62 bits per heavy atom. The van der Waals surface area contributed by atoms with Gasteiger partial charge in [0.05, 0.1) is 24.2 Å². The van der Waals surface area contributed by atoms with Gasteiger partial charge in [-0.1, -0.05) is 6.07 Å². The normalized spacial score (nSPS) is 14.0. The SMILES string of the molecule is COc1ccc(-c2sc(C(=O)N3CCCCNC3)cc2-c2ccc(C#N)c(F)c2)cc1F. The second kappa shape index (κ2) is 9.47. The van der Waals surface area contributed by atoms with E-state index in [0.29, 0.717) is 39.7 Å². The summed E-state index contributed by atoms with van der Waals surface area (Å²) in [5.74, 6) is -1.18. The highest BCUT2D eigenvalue weighted by atomic mass is 32.1. The number of ether oxygens (including phenoxy) is 1. The Kier molecular flexibility index (Phi) is 6.49. The molecule has 3 aromatic rings. The number of nitrogens with zero attached hydrogens (tertiary/aromatic N) is 2. The van der Waals surface area contributed by atoms with Crippen LogP contribution < -0.4 is 10.1 Å². The van der Waals surface area contributed by atoms with Crippen LogP contribution in [0.1, 0.15) is 28.1 Å². The van der Waals surface area contributed by atoms with Crippen LogP contribution in [0.3, 0.4) is 0 Å². The van der Waals surface area contributed by atoms with Crippen LogP contribution in [0.2, 0.25) is 0 Å². The molecule has 0 aliphatic carbocycles. The fraction of sp³-hybridized carbons (Fsp3) is 0.250. The first-order valence-corrected chi connectivity index (χ1v) is 11.0. The average Bonchev–Trinajstić information content (AvgIpc) is 3.06. The summed E-state index contributed by atoms with van der Waals surface area (Å²) in [6.45, 7) is 1.97. The molecule has 1 aliphatic rings. The molecule has 1 fully saturated rings. The molecule has 164 valence electrons. The van der Waals surface area contributed by atoms with Gasteiger partial charge in [0.2, 0.25) is 0 Å². The Bertz CT molecular complexity index is 1190. The van der Waals surface area contributed by atoms with Crippen LogP contribution in [-0.2, 0) is 0 Å². The van der Waals surface area contributed by atoms with Gasteiger partial charge >= 0.3 is 0 Å². The maximum atomic E-state index is 14.4. The van der Waals surface area contributed by atoms with E-state index in [4.69, 9.17) is 10.00 Å². The highest BCUT2D eigenvalue weighted by Crippen LogP contribution is 2.41. The van der Waals surface area contributed by atoms with E-state index in [-0.39, 0.29) is 17.2 Å². The Balaban J connectivity index is 1.81. The molecule has 0 radical (unpaired) electrons. The minimum absolute atomic E-state index is 0.0621. The lowest BCUT2D eigenvalue weighted by Gasteiger charge is -2.19. The lowest BCUT2D eigenvalue weighted by atomic mass is 10.0. The first-order valence-electron chi connectivity index (χ1n) is 10.2. The number of nitrogens with one attached hydrogen (secondary N) is 1. The molecule has 2 heterocycles. The first kappa shape index (κ1) is 21.9. The molecule has 1 aliphatic heterocycles. The summed E-state index contributed by atoms with van der Waals surface area (Å²) in [5, 5.41) is 12.3. The number of nitriles is 1. The summed E-state index contributed by atoms with van der Waals surface area (Å²) < 4.78 is 33.8. The Morgan fingerprint density at radius 1 is 1.12 bits per heavy atom. The number of methoxy groups -OCH3 is 1. The Morgan fingerprint density at radius 2 is 1.91 bits per heavy atom. The molecule has 0 unspecified atom stereocenters. The predicted molar refractivity (Wildman–Crippen MR) is 120 cm³/mol. The zero-order valence-corrected chi connectivity index (χ0v) is 18.3. The molecule has 2 aromatic carbocycles. The van der Waals surface area contributed by atoms with Crippen molar-refractivity contribution in [1.82, 2.24) is 10.2 Å². The van der Waals surface area contributed by atoms with Crippen molar-refractivity contribution >= 4 is 17.2 Å². The number of hydrogen-bond acceptors (Lipinski definition) is 5. The molecule has 0 spiro atoms. The van der Waals surface area contributed by atoms with Crippen LogP contribution in [0.15, 0.2) is 42.5 Å². The van der Waals surface area contributed by atoms with Crippen LogP contribution in [0.5, 0.6) is 5.75 Å². The standard InChI is InChI=1S/C24H21F2N3O2S/c1-31-21-7-6-16(11-20(21)26)23-18(15-4-5-17(13-27)19(25)10-15)12-22(32-23)24(30)29-9-3-2-8-28-14-29/h4-7,10-12,28H,2-3,8-9,14H2,1H3. The quantitative estimate of drug-likeness (QED) is 0.602. The van der Waals surface area contributed by atoms with Crippen molar-refractivity contribution < 1.29 is 18.3 Å². The van der Waals surface area contributed by atoms with Crippen molar-refractivity contribution in [3.05, 3.63) is 64.5 Å². The lowest BCUT2D eigenvalue weighted by molar-refractivity contribution is 0.0758. The zero-order chi connectivity index (χ0) is 22.7. The smallest absolute Gasteiger partial charge is 0.264 e. The fourth-order valence-corrected chi connectivity index (χ4v) is 4.83. The molecular weight excluding hydrogens is 432 g/mol. The van der Waals surface area contributed by atoms with E-state index in [0.717, 1.165) is 19.4 Å².